The third kappa shape index (κ3) is 4.89. The van der Waals surface area contributed by atoms with Crippen LogP contribution in [0.25, 0.3) is 0 Å². The number of methoxy groups -OCH3 is 2. The van der Waals surface area contributed by atoms with E-state index in [9.17, 15) is 4.79 Å². The lowest BCUT2D eigenvalue weighted by Gasteiger charge is -2.27. The Morgan fingerprint density at radius 2 is 1.64 bits per heavy atom. The van der Waals surface area contributed by atoms with Gasteiger partial charge in [-0.25, -0.2) is 0 Å². The van der Waals surface area contributed by atoms with Gasteiger partial charge in [0.15, 0.2) is 18.1 Å². The number of amides is 1. The van der Waals surface area contributed by atoms with Crippen LogP contribution in [-0.2, 0) is 10.3 Å². The van der Waals surface area contributed by atoms with Crippen LogP contribution in [0.2, 0.25) is 0 Å². The summed E-state index contributed by atoms with van der Waals surface area (Å²) in [5.41, 5.74) is 1.48. The summed E-state index contributed by atoms with van der Waals surface area (Å²) in [6.07, 6.45) is 0. The van der Waals surface area contributed by atoms with E-state index in [4.69, 9.17) is 14.2 Å². The summed E-state index contributed by atoms with van der Waals surface area (Å²) in [4.78, 5) is 12.3. The van der Waals surface area contributed by atoms with E-state index < -0.39 is 5.54 Å². The zero-order chi connectivity index (χ0) is 18.4. The lowest BCUT2D eigenvalue weighted by molar-refractivity contribution is -0.124. The zero-order valence-corrected chi connectivity index (χ0v) is 15.4. The first-order valence-corrected chi connectivity index (χ1v) is 8.08. The quantitative estimate of drug-likeness (QED) is 0.837. The van der Waals surface area contributed by atoms with Crippen molar-refractivity contribution in [2.24, 2.45) is 0 Å². The minimum Gasteiger partial charge on any atom is -0.493 e. The van der Waals surface area contributed by atoms with Gasteiger partial charge in [0.1, 0.15) is 5.75 Å². The third-order valence-corrected chi connectivity index (χ3v) is 3.95. The number of carbonyl (C=O) groups excluding carboxylic acids is 1. The van der Waals surface area contributed by atoms with Gasteiger partial charge in [-0.1, -0.05) is 23.8 Å². The van der Waals surface area contributed by atoms with Gasteiger partial charge in [-0.2, -0.15) is 0 Å². The van der Waals surface area contributed by atoms with E-state index in [0.717, 1.165) is 11.1 Å². The lowest BCUT2D eigenvalue weighted by atomic mass is 9.94. The Labute approximate surface area is 148 Å². The normalized spacial score (nSPS) is 10.9. The Hall–Kier alpha value is -2.69. The number of hydrogen-bond acceptors (Lipinski definition) is 4. The molecule has 1 N–H and O–H groups in total. The highest BCUT2D eigenvalue weighted by Gasteiger charge is 2.24. The van der Waals surface area contributed by atoms with E-state index in [0.29, 0.717) is 17.2 Å². The van der Waals surface area contributed by atoms with Crippen molar-refractivity contribution in [1.82, 2.24) is 5.32 Å². The molecule has 1 amide bonds. The van der Waals surface area contributed by atoms with E-state index in [1.54, 1.807) is 14.2 Å². The molecule has 0 aromatic heterocycles. The topological polar surface area (TPSA) is 56.8 Å². The fraction of sp³-hybridized carbons (Fsp3) is 0.350. The van der Waals surface area contributed by atoms with E-state index in [2.05, 4.69) is 5.32 Å². The summed E-state index contributed by atoms with van der Waals surface area (Å²) in [7, 11) is 3.18. The second-order valence-corrected chi connectivity index (χ2v) is 6.34. The summed E-state index contributed by atoms with van der Waals surface area (Å²) in [5.74, 6) is 1.75. The first kappa shape index (κ1) is 18.6. The molecule has 5 nitrogen and oxygen atoms in total. The van der Waals surface area contributed by atoms with Gasteiger partial charge in [0.05, 0.1) is 19.8 Å². The maximum absolute atomic E-state index is 12.3. The van der Waals surface area contributed by atoms with Crippen LogP contribution in [0.1, 0.15) is 25.0 Å². The fourth-order valence-electron chi connectivity index (χ4n) is 2.47. The molecule has 2 aromatic rings. The van der Waals surface area contributed by atoms with Crippen LogP contribution in [0.5, 0.6) is 17.2 Å². The fourth-order valence-corrected chi connectivity index (χ4v) is 2.47. The first-order chi connectivity index (χ1) is 11.9. The van der Waals surface area contributed by atoms with Crippen LogP contribution in [0.15, 0.2) is 42.5 Å². The molecule has 0 heterocycles. The number of nitrogens with one attached hydrogen (secondary N) is 1. The first-order valence-electron chi connectivity index (χ1n) is 8.08. The largest absolute Gasteiger partial charge is 0.493 e. The molecule has 25 heavy (non-hydrogen) atoms. The summed E-state index contributed by atoms with van der Waals surface area (Å²) in [6.45, 7) is 5.82. The SMILES string of the molecule is COc1ccc(C(C)(C)NC(=O)COc2ccc(C)cc2)cc1OC. The Kier molecular flexibility index (Phi) is 5.91. The second-order valence-electron chi connectivity index (χ2n) is 6.34. The minimum absolute atomic E-state index is 0.0419. The molecule has 0 bridgehead atoms. The van der Waals surface area contributed by atoms with Gasteiger partial charge < -0.3 is 19.5 Å². The van der Waals surface area contributed by atoms with Crippen molar-refractivity contribution in [3.63, 3.8) is 0 Å². The van der Waals surface area contributed by atoms with Crippen molar-refractivity contribution in [2.45, 2.75) is 26.3 Å². The Balaban J connectivity index is 2.01. The van der Waals surface area contributed by atoms with Crippen molar-refractivity contribution in [2.75, 3.05) is 20.8 Å². The second kappa shape index (κ2) is 7.92. The van der Waals surface area contributed by atoms with E-state index >= 15 is 0 Å². The van der Waals surface area contributed by atoms with Gasteiger partial charge in [-0.3, -0.25) is 4.79 Å². The van der Waals surface area contributed by atoms with Crippen LogP contribution in [0.3, 0.4) is 0 Å². The van der Waals surface area contributed by atoms with Crippen molar-refractivity contribution in [3.8, 4) is 17.2 Å². The maximum atomic E-state index is 12.3. The van der Waals surface area contributed by atoms with Crippen LogP contribution in [-0.4, -0.2) is 26.7 Å². The number of hydrogen-bond donors (Lipinski definition) is 1. The smallest absolute Gasteiger partial charge is 0.258 e. The van der Waals surface area contributed by atoms with E-state index in [1.165, 1.54) is 0 Å². The Morgan fingerprint density at radius 1 is 1.00 bits per heavy atom. The molecule has 2 rings (SSSR count). The molecule has 0 saturated carbocycles. The number of ether oxygens (including phenoxy) is 3. The number of carbonyl (C=O) groups is 1. The minimum atomic E-state index is -0.576. The van der Waals surface area contributed by atoms with Crippen molar-refractivity contribution in [1.29, 1.82) is 0 Å². The summed E-state index contributed by atoms with van der Waals surface area (Å²) < 4.78 is 16.1. The highest BCUT2D eigenvalue weighted by atomic mass is 16.5. The molecular formula is C20H25NO4. The molecule has 0 unspecified atom stereocenters. The molecule has 0 aliphatic carbocycles. The van der Waals surface area contributed by atoms with Crippen LogP contribution >= 0.6 is 0 Å². The van der Waals surface area contributed by atoms with Crippen LogP contribution < -0.4 is 19.5 Å². The van der Waals surface area contributed by atoms with Crippen molar-refractivity contribution < 1.29 is 19.0 Å². The molecule has 5 heteroatoms. The van der Waals surface area contributed by atoms with E-state index in [-0.39, 0.29) is 12.5 Å². The standard InChI is InChI=1S/C20H25NO4/c1-14-6-9-16(10-7-14)25-13-19(22)21-20(2,3)15-8-11-17(23-4)18(12-15)24-5/h6-12H,13H2,1-5H3,(H,21,22). The summed E-state index contributed by atoms with van der Waals surface area (Å²) in [6, 6.07) is 13.2. The molecule has 0 saturated heterocycles. The van der Waals surface area contributed by atoms with Crippen molar-refractivity contribution >= 4 is 5.91 Å². The number of aryl methyl sites for hydroxylation is 1. The third-order valence-electron chi connectivity index (χ3n) is 3.95. The number of benzene rings is 2. The predicted molar refractivity (Wildman–Crippen MR) is 97.4 cm³/mol. The molecule has 0 radical (unpaired) electrons. The number of rotatable bonds is 7. The molecule has 0 aliphatic rings. The van der Waals surface area contributed by atoms with Crippen LogP contribution in [0.4, 0.5) is 0 Å². The van der Waals surface area contributed by atoms with Gasteiger partial charge >= 0.3 is 0 Å². The summed E-state index contributed by atoms with van der Waals surface area (Å²) in [5, 5.41) is 2.98. The average molecular weight is 343 g/mol. The van der Waals surface area contributed by atoms with Gasteiger partial charge in [0.2, 0.25) is 0 Å². The molecule has 2 aromatic carbocycles. The Bertz CT molecular complexity index is 723. The molecule has 0 aliphatic heterocycles. The van der Waals surface area contributed by atoms with E-state index in [1.807, 2.05) is 63.2 Å². The van der Waals surface area contributed by atoms with Gasteiger partial charge in [-0.15, -0.1) is 0 Å². The molecule has 134 valence electrons. The molecule has 0 atom stereocenters. The predicted octanol–water partition coefficient (Wildman–Crippen LogP) is 3.44. The van der Waals surface area contributed by atoms with Gasteiger partial charge in [0, 0.05) is 0 Å². The zero-order valence-electron chi connectivity index (χ0n) is 15.4. The molecular weight excluding hydrogens is 318 g/mol. The average Bonchev–Trinajstić information content (AvgIpc) is 2.60. The lowest BCUT2D eigenvalue weighted by Crippen LogP contribution is -2.43. The van der Waals surface area contributed by atoms with Crippen molar-refractivity contribution in [3.05, 3.63) is 53.6 Å². The highest BCUT2D eigenvalue weighted by molar-refractivity contribution is 5.78. The summed E-state index contributed by atoms with van der Waals surface area (Å²) >= 11 is 0. The Morgan fingerprint density at radius 3 is 2.24 bits per heavy atom. The van der Waals surface area contributed by atoms with Gasteiger partial charge in [0.25, 0.3) is 5.91 Å². The molecule has 0 fully saturated rings. The van der Waals surface area contributed by atoms with Gasteiger partial charge in [-0.05, 0) is 50.6 Å². The van der Waals surface area contributed by atoms with Crippen LogP contribution in [0, 0.1) is 6.92 Å². The monoisotopic (exact) mass is 343 g/mol. The molecule has 0 spiro atoms. The highest BCUT2D eigenvalue weighted by Crippen LogP contribution is 2.32. The maximum Gasteiger partial charge on any atom is 0.258 e.